The maximum atomic E-state index is 12.1. The Morgan fingerprint density at radius 2 is 1.97 bits per heavy atom. The summed E-state index contributed by atoms with van der Waals surface area (Å²) in [4.78, 5) is 27.7. The Hall–Kier alpha value is -4.03. The minimum atomic E-state index is -0.0268. The third-order valence-corrected chi connectivity index (χ3v) is 5.64. The largest absolute Gasteiger partial charge is 0.378 e. The van der Waals surface area contributed by atoms with Crippen LogP contribution in [-0.4, -0.2) is 47.2 Å². The monoisotopic (exact) mass is 441 g/mol. The molecule has 3 aromatic rings. The van der Waals surface area contributed by atoms with Crippen LogP contribution >= 0.6 is 0 Å². The zero-order valence-electron chi connectivity index (χ0n) is 18.0. The molecule has 1 aliphatic carbocycles. The molecule has 0 radical (unpaired) electrons. The van der Waals surface area contributed by atoms with E-state index in [2.05, 4.69) is 36.6 Å². The van der Waals surface area contributed by atoms with Crippen molar-refractivity contribution in [2.45, 2.75) is 12.8 Å². The predicted molar refractivity (Wildman–Crippen MR) is 124 cm³/mol. The van der Waals surface area contributed by atoms with Crippen LogP contribution in [-0.2, 0) is 9.53 Å². The van der Waals surface area contributed by atoms with Gasteiger partial charge >= 0.3 is 0 Å². The van der Waals surface area contributed by atoms with Crippen molar-refractivity contribution < 1.29 is 9.53 Å². The Morgan fingerprint density at radius 3 is 2.70 bits per heavy atom. The molecule has 5 rings (SSSR count). The summed E-state index contributed by atoms with van der Waals surface area (Å²) >= 11 is 0. The van der Waals surface area contributed by atoms with Gasteiger partial charge in [-0.2, -0.15) is 5.26 Å². The van der Waals surface area contributed by atoms with Gasteiger partial charge in [0.05, 0.1) is 42.0 Å². The minimum Gasteiger partial charge on any atom is -0.378 e. The number of nitrogens with zero attached hydrogens (tertiary/aromatic N) is 5. The van der Waals surface area contributed by atoms with Gasteiger partial charge in [-0.05, 0) is 43.2 Å². The molecule has 1 amide bonds. The van der Waals surface area contributed by atoms with Gasteiger partial charge < -0.3 is 20.3 Å². The van der Waals surface area contributed by atoms with Crippen molar-refractivity contribution in [3.05, 3.63) is 54.4 Å². The van der Waals surface area contributed by atoms with Gasteiger partial charge in [-0.15, -0.1) is 0 Å². The van der Waals surface area contributed by atoms with E-state index in [4.69, 9.17) is 4.74 Å². The Morgan fingerprint density at radius 1 is 1.12 bits per heavy atom. The number of anilines is 4. The van der Waals surface area contributed by atoms with Gasteiger partial charge in [0, 0.05) is 30.8 Å². The third-order valence-electron chi connectivity index (χ3n) is 5.64. The van der Waals surface area contributed by atoms with Crippen molar-refractivity contribution in [2.24, 2.45) is 5.92 Å². The van der Waals surface area contributed by atoms with Crippen LogP contribution in [0.15, 0.2) is 48.8 Å². The summed E-state index contributed by atoms with van der Waals surface area (Å²) in [6.45, 7) is 3.09. The van der Waals surface area contributed by atoms with Crippen LogP contribution < -0.4 is 15.5 Å². The molecule has 3 heterocycles. The highest BCUT2D eigenvalue weighted by Crippen LogP contribution is 2.31. The summed E-state index contributed by atoms with van der Waals surface area (Å²) in [6.07, 6.45) is 5.24. The molecule has 2 fully saturated rings. The molecule has 166 valence electrons. The van der Waals surface area contributed by atoms with Gasteiger partial charge in [0.25, 0.3) is 0 Å². The van der Waals surface area contributed by atoms with E-state index in [1.54, 1.807) is 30.6 Å². The number of benzene rings is 1. The van der Waals surface area contributed by atoms with Crippen molar-refractivity contribution >= 4 is 29.0 Å². The normalized spacial score (nSPS) is 15.5. The second kappa shape index (κ2) is 9.22. The zero-order valence-corrected chi connectivity index (χ0v) is 18.0. The number of nitrogens with one attached hydrogen (secondary N) is 2. The lowest BCUT2D eigenvalue weighted by atomic mass is 10.1. The van der Waals surface area contributed by atoms with Crippen LogP contribution in [0.2, 0.25) is 0 Å². The number of carbonyl (C=O) groups is 1. The van der Waals surface area contributed by atoms with Crippen LogP contribution in [0.4, 0.5) is 23.1 Å². The first-order valence-electron chi connectivity index (χ1n) is 10.9. The number of aromatic nitrogens is 3. The maximum Gasteiger partial charge on any atom is 0.227 e. The highest BCUT2D eigenvalue weighted by molar-refractivity contribution is 5.95. The van der Waals surface area contributed by atoms with Crippen molar-refractivity contribution in [1.82, 2.24) is 15.0 Å². The van der Waals surface area contributed by atoms with E-state index in [-0.39, 0.29) is 11.8 Å². The maximum absolute atomic E-state index is 12.1. The first kappa shape index (κ1) is 20.8. The number of amides is 1. The minimum absolute atomic E-state index is 0.0268. The first-order valence-corrected chi connectivity index (χ1v) is 10.9. The number of hydrogen-bond donors (Lipinski definition) is 2. The first-order chi connectivity index (χ1) is 16.2. The third kappa shape index (κ3) is 4.91. The number of hydrogen-bond acceptors (Lipinski definition) is 8. The predicted octanol–water partition coefficient (Wildman–Crippen LogP) is 3.34. The lowest BCUT2D eigenvalue weighted by Gasteiger charge is -2.27. The molecule has 2 N–H and O–H groups in total. The van der Waals surface area contributed by atoms with Gasteiger partial charge in [0.15, 0.2) is 0 Å². The second-order valence-electron chi connectivity index (χ2n) is 8.03. The van der Waals surface area contributed by atoms with Gasteiger partial charge in [0.2, 0.25) is 11.9 Å². The van der Waals surface area contributed by atoms with Crippen LogP contribution in [0.25, 0.3) is 11.3 Å². The van der Waals surface area contributed by atoms with Gasteiger partial charge in [-0.3, -0.25) is 4.79 Å². The van der Waals surface area contributed by atoms with E-state index in [0.29, 0.717) is 36.1 Å². The summed E-state index contributed by atoms with van der Waals surface area (Å²) in [5.41, 5.74) is 3.14. The summed E-state index contributed by atoms with van der Waals surface area (Å²) in [6, 6.07) is 13.2. The topological polar surface area (TPSA) is 116 Å². The van der Waals surface area contributed by atoms with Gasteiger partial charge in [0.1, 0.15) is 11.9 Å². The lowest BCUT2D eigenvalue weighted by Crippen LogP contribution is -2.36. The number of ether oxygens (including phenoxy) is 1. The highest BCUT2D eigenvalue weighted by atomic mass is 16.5. The lowest BCUT2D eigenvalue weighted by molar-refractivity contribution is -0.117. The molecule has 9 nitrogen and oxygen atoms in total. The van der Waals surface area contributed by atoms with Crippen LogP contribution in [0.5, 0.6) is 0 Å². The van der Waals surface area contributed by atoms with E-state index in [1.807, 2.05) is 18.2 Å². The molecular formula is C24H23N7O2. The van der Waals surface area contributed by atoms with E-state index >= 15 is 0 Å². The number of rotatable bonds is 6. The molecule has 0 atom stereocenters. The molecule has 1 saturated heterocycles. The summed E-state index contributed by atoms with van der Waals surface area (Å²) in [7, 11) is 0. The van der Waals surface area contributed by atoms with Crippen molar-refractivity contribution in [2.75, 3.05) is 41.8 Å². The number of pyridine rings is 1. The standard InChI is InChI=1S/C24H23N7O2/c25-14-18-13-17(3-5-20(18)29-23(32)16-1-2-16)21-7-8-26-24(30-21)28-19-4-6-22(27-15-19)31-9-11-33-12-10-31/h3-8,13,15-16H,1-2,9-12H2,(H,29,32)(H,26,28,30). The molecule has 1 aliphatic heterocycles. The fraction of sp³-hybridized carbons (Fsp3) is 0.292. The number of nitriles is 1. The molecule has 0 bridgehead atoms. The van der Waals surface area contributed by atoms with Gasteiger partial charge in [-0.1, -0.05) is 6.07 Å². The molecule has 0 unspecified atom stereocenters. The van der Waals surface area contributed by atoms with Gasteiger partial charge in [-0.25, -0.2) is 15.0 Å². The fourth-order valence-corrected chi connectivity index (χ4v) is 3.63. The molecule has 9 heteroatoms. The van der Waals surface area contributed by atoms with Crippen LogP contribution in [0.3, 0.4) is 0 Å². The molecule has 2 aliphatic rings. The Bertz CT molecular complexity index is 1200. The summed E-state index contributed by atoms with van der Waals surface area (Å²) in [5.74, 6) is 1.39. The quantitative estimate of drug-likeness (QED) is 0.598. The van der Waals surface area contributed by atoms with E-state index < -0.39 is 0 Å². The van der Waals surface area contributed by atoms with E-state index in [0.717, 1.165) is 43.0 Å². The average molecular weight is 441 g/mol. The van der Waals surface area contributed by atoms with Crippen LogP contribution in [0, 0.1) is 17.2 Å². The molecule has 33 heavy (non-hydrogen) atoms. The summed E-state index contributed by atoms with van der Waals surface area (Å²) in [5, 5.41) is 15.6. The molecular weight excluding hydrogens is 418 g/mol. The fourth-order valence-electron chi connectivity index (χ4n) is 3.63. The van der Waals surface area contributed by atoms with Crippen LogP contribution in [0.1, 0.15) is 18.4 Å². The zero-order chi connectivity index (χ0) is 22.6. The molecule has 1 saturated carbocycles. The van der Waals surface area contributed by atoms with Crippen molar-refractivity contribution in [3.63, 3.8) is 0 Å². The Kier molecular flexibility index (Phi) is 5.83. The molecule has 1 aromatic carbocycles. The summed E-state index contributed by atoms with van der Waals surface area (Å²) < 4.78 is 5.39. The Balaban J connectivity index is 1.30. The molecule has 0 spiro atoms. The average Bonchev–Trinajstić information content (AvgIpc) is 3.71. The van der Waals surface area contributed by atoms with Crippen molar-refractivity contribution in [3.8, 4) is 17.3 Å². The number of morpholine rings is 1. The van der Waals surface area contributed by atoms with Crippen molar-refractivity contribution in [1.29, 1.82) is 5.26 Å². The Labute approximate surface area is 191 Å². The number of carbonyl (C=O) groups excluding carboxylic acids is 1. The smallest absolute Gasteiger partial charge is 0.227 e. The highest BCUT2D eigenvalue weighted by Gasteiger charge is 2.30. The SMILES string of the molecule is N#Cc1cc(-c2ccnc(Nc3ccc(N4CCOCC4)nc3)n2)ccc1NC(=O)C1CC1. The van der Waals surface area contributed by atoms with E-state index in [1.165, 1.54) is 0 Å². The van der Waals surface area contributed by atoms with E-state index in [9.17, 15) is 10.1 Å². The molecule has 2 aromatic heterocycles. The second-order valence-corrected chi connectivity index (χ2v) is 8.03.